The Kier molecular flexibility index (Phi) is 7.00. The van der Waals surface area contributed by atoms with Crippen LogP contribution in [-0.2, 0) is 22.7 Å². The van der Waals surface area contributed by atoms with Crippen molar-refractivity contribution in [2.45, 2.75) is 32.5 Å². The van der Waals surface area contributed by atoms with E-state index >= 15 is 0 Å². The van der Waals surface area contributed by atoms with Crippen LogP contribution in [0.15, 0.2) is 48.7 Å². The monoisotopic (exact) mass is 484 g/mol. The number of para-hydroxylation sites is 1. The van der Waals surface area contributed by atoms with Crippen molar-refractivity contribution in [1.29, 1.82) is 0 Å². The van der Waals surface area contributed by atoms with Gasteiger partial charge in [0.2, 0.25) is 11.8 Å². The normalized spacial score (nSPS) is 17.8. The molecule has 9 heteroatoms. The molecule has 3 N–H and O–H groups in total. The minimum Gasteiger partial charge on any atom is -0.350 e. The number of fused-ring (bicyclic) bond motifs is 1. The number of benzene rings is 2. The van der Waals surface area contributed by atoms with Gasteiger partial charge in [-0.2, -0.15) is 0 Å². The van der Waals surface area contributed by atoms with Gasteiger partial charge in [0.1, 0.15) is 18.4 Å². The second-order valence-electron chi connectivity index (χ2n) is 8.57. The fourth-order valence-electron chi connectivity index (χ4n) is 4.50. The Balaban J connectivity index is 1.52. The summed E-state index contributed by atoms with van der Waals surface area (Å²) in [4.78, 5) is 39.9. The van der Waals surface area contributed by atoms with Crippen molar-refractivity contribution in [2.75, 3.05) is 13.1 Å². The van der Waals surface area contributed by atoms with E-state index in [0.29, 0.717) is 25.1 Å². The summed E-state index contributed by atoms with van der Waals surface area (Å²) in [6.07, 6.45) is 2.11. The first-order valence-electron chi connectivity index (χ1n) is 11.1. The van der Waals surface area contributed by atoms with E-state index in [4.69, 9.17) is 17.3 Å². The molecule has 0 spiro atoms. The van der Waals surface area contributed by atoms with Crippen molar-refractivity contribution >= 4 is 40.1 Å². The standard InChI is InChI=1S/C25H26ClFN4O3/c1-15(32)19-13-30(21-8-3-2-6-18(19)21)14-23(33)31-12-16(10-28)9-22(31)25(34)29-11-17-5-4-7-20(26)24(17)27/h2-8,13,16,22H,9-12,14,28H2,1H3,(H,29,34). The van der Waals surface area contributed by atoms with Gasteiger partial charge >= 0.3 is 0 Å². The van der Waals surface area contributed by atoms with Gasteiger partial charge in [-0.15, -0.1) is 0 Å². The number of ketones is 1. The highest BCUT2D eigenvalue weighted by Crippen LogP contribution is 2.26. The van der Waals surface area contributed by atoms with Crippen LogP contribution in [0.3, 0.4) is 0 Å². The minimum atomic E-state index is -0.711. The number of nitrogens with two attached hydrogens (primary N) is 1. The van der Waals surface area contributed by atoms with Crippen LogP contribution in [0.1, 0.15) is 29.3 Å². The van der Waals surface area contributed by atoms with Crippen molar-refractivity contribution in [3.63, 3.8) is 0 Å². The molecule has 1 aromatic heterocycles. The lowest BCUT2D eigenvalue weighted by atomic mass is 10.1. The average molecular weight is 485 g/mol. The Morgan fingerprint density at radius 1 is 1.18 bits per heavy atom. The van der Waals surface area contributed by atoms with Crippen LogP contribution in [0, 0.1) is 11.7 Å². The van der Waals surface area contributed by atoms with Crippen LogP contribution in [0.4, 0.5) is 4.39 Å². The number of nitrogens with zero attached hydrogens (tertiary/aromatic N) is 2. The van der Waals surface area contributed by atoms with Crippen LogP contribution in [0.2, 0.25) is 5.02 Å². The highest BCUT2D eigenvalue weighted by Gasteiger charge is 2.39. The van der Waals surface area contributed by atoms with Gasteiger partial charge in [0.15, 0.2) is 5.78 Å². The van der Waals surface area contributed by atoms with E-state index in [1.165, 1.54) is 17.9 Å². The third-order valence-electron chi connectivity index (χ3n) is 6.30. The van der Waals surface area contributed by atoms with Gasteiger partial charge in [0.25, 0.3) is 0 Å². The zero-order valence-electron chi connectivity index (χ0n) is 18.8. The summed E-state index contributed by atoms with van der Waals surface area (Å²) in [6.45, 7) is 2.14. The van der Waals surface area contributed by atoms with Crippen LogP contribution in [-0.4, -0.2) is 46.2 Å². The lowest BCUT2D eigenvalue weighted by Gasteiger charge is -2.24. The fraction of sp³-hybridized carbons (Fsp3) is 0.320. The van der Waals surface area contributed by atoms with Crippen molar-refractivity contribution in [1.82, 2.24) is 14.8 Å². The zero-order chi connectivity index (χ0) is 24.4. The maximum absolute atomic E-state index is 14.2. The molecule has 2 atom stereocenters. The molecule has 2 amide bonds. The summed E-state index contributed by atoms with van der Waals surface area (Å²) in [5.41, 5.74) is 7.43. The summed E-state index contributed by atoms with van der Waals surface area (Å²) >= 11 is 5.82. The topological polar surface area (TPSA) is 97.4 Å². The highest BCUT2D eigenvalue weighted by molar-refractivity contribution is 6.30. The molecule has 2 aromatic carbocycles. The highest BCUT2D eigenvalue weighted by atomic mass is 35.5. The molecule has 1 aliphatic rings. The lowest BCUT2D eigenvalue weighted by molar-refractivity contribution is -0.138. The number of carbonyl (C=O) groups is 3. The molecule has 0 saturated carbocycles. The van der Waals surface area contributed by atoms with Gasteiger partial charge in [-0.25, -0.2) is 4.39 Å². The molecule has 0 radical (unpaired) electrons. The van der Waals surface area contributed by atoms with Gasteiger partial charge in [-0.05, 0) is 37.9 Å². The van der Waals surface area contributed by atoms with Crippen LogP contribution in [0.5, 0.6) is 0 Å². The van der Waals surface area contributed by atoms with Gasteiger partial charge < -0.3 is 20.5 Å². The molecule has 4 rings (SSSR count). The van der Waals surface area contributed by atoms with Crippen molar-refractivity contribution < 1.29 is 18.8 Å². The van der Waals surface area contributed by atoms with E-state index < -0.39 is 11.9 Å². The van der Waals surface area contributed by atoms with E-state index in [1.807, 2.05) is 24.3 Å². The predicted molar refractivity (Wildman–Crippen MR) is 128 cm³/mol. The number of aromatic nitrogens is 1. The van der Waals surface area contributed by atoms with Crippen molar-refractivity contribution in [2.24, 2.45) is 11.7 Å². The second kappa shape index (κ2) is 9.95. The Bertz CT molecular complexity index is 1260. The number of hydrogen-bond donors (Lipinski definition) is 2. The van der Waals surface area contributed by atoms with Crippen LogP contribution in [0.25, 0.3) is 10.9 Å². The molecule has 34 heavy (non-hydrogen) atoms. The zero-order valence-corrected chi connectivity index (χ0v) is 19.5. The first kappa shape index (κ1) is 23.9. The lowest BCUT2D eigenvalue weighted by Crippen LogP contribution is -2.46. The Morgan fingerprint density at radius 2 is 1.94 bits per heavy atom. The third-order valence-corrected chi connectivity index (χ3v) is 6.59. The maximum Gasteiger partial charge on any atom is 0.243 e. The van der Waals surface area contributed by atoms with E-state index in [1.54, 1.807) is 22.9 Å². The number of amides is 2. The molecule has 3 aromatic rings. The van der Waals surface area contributed by atoms with E-state index in [2.05, 4.69) is 5.32 Å². The third kappa shape index (κ3) is 4.69. The first-order chi connectivity index (χ1) is 16.3. The number of likely N-dealkylation sites (tertiary alicyclic amines) is 1. The Labute approximate surface area is 201 Å². The van der Waals surface area contributed by atoms with Gasteiger partial charge in [-0.3, -0.25) is 14.4 Å². The number of hydrogen-bond acceptors (Lipinski definition) is 4. The summed E-state index contributed by atoms with van der Waals surface area (Å²) in [5.74, 6) is -1.30. The smallest absolute Gasteiger partial charge is 0.243 e. The molecular formula is C25H26ClFN4O3. The van der Waals surface area contributed by atoms with Crippen LogP contribution < -0.4 is 11.1 Å². The Hall–Kier alpha value is -3.23. The van der Waals surface area contributed by atoms with Crippen molar-refractivity contribution in [3.05, 3.63) is 70.6 Å². The largest absolute Gasteiger partial charge is 0.350 e. The molecule has 1 fully saturated rings. The summed E-state index contributed by atoms with van der Waals surface area (Å²) in [7, 11) is 0. The second-order valence-corrected chi connectivity index (χ2v) is 8.98. The summed E-state index contributed by atoms with van der Waals surface area (Å²) in [5, 5.41) is 3.49. The van der Waals surface area contributed by atoms with Gasteiger partial charge in [0, 0.05) is 41.3 Å². The fourth-order valence-corrected chi connectivity index (χ4v) is 4.69. The molecule has 0 aliphatic carbocycles. The Morgan fingerprint density at radius 3 is 2.68 bits per heavy atom. The number of rotatable bonds is 7. The molecule has 2 unspecified atom stereocenters. The molecule has 1 aliphatic heterocycles. The number of carbonyl (C=O) groups excluding carboxylic acids is 3. The average Bonchev–Trinajstić information content (AvgIpc) is 3.42. The van der Waals surface area contributed by atoms with E-state index in [9.17, 15) is 18.8 Å². The number of halogens is 2. The summed E-state index contributed by atoms with van der Waals surface area (Å²) in [6, 6.07) is 11.3. The van der Waals surface area contributed by atoms with Crippen LogP contribution >= 0.6 is 11.6 Å². The molecule has 0 bridgehead atoms. The molecule has 2 heterocycles. The van der Waals surface area contributed by atoms with Crippen molar-refractivity contribution in [3.8, 4) is 0 Å². The molecular weight excluding hydrogens is 459 g/mol. The van der Waals surface area contributed by atoms with Gasteiger partial charge in [-0.1, -0.05) is 41.9 Å². The SMILES string of the molecule is CC(=O)c1cn(CC(=O)N2CC(CN)CC2C(=O)NCc2cccc(Cl)c2F)c2ccccc12. The minimum absolute atomic E-state index is 0.0161. The number of nitrogens with one attached hydrogen (secondary N) is 1. The van der Waals surface area contributed by atoms with Gasteiger partial charge in [0.05, 0.1) is 5.02 Å². The predicted octanol–water partition coefficient (Wildman–Crippen LogP) is 3.13. The quantitative estimate of drug-likeness (QED) is 0.503. The molecule has 7 nitrogen and oxygen atoms in total. The molecule has 1 saturated heterocycles. The maximum atomic E-state index is 14.2. The molecule has 178 valence electrons. The number of Topliss-reactive ketones (excluding diaryl/α,β-unsaturated/α-hetero) is 1. The first-order valence-corrected chi connectivity index (χ1v) is 11.5. The van der Waals surface area contributed by atoms with E-state index in [-0.39, 0.29) is 47.2 Å². The summed E-state index contributed by atoms with van der Waals surface area (Å²) < 4.78 is 15.9. The van der Waals surface area contributed by atoms with E-state index in [0.717, 1.165) is 10.9 Å².